The normalized spacial score (nSPS) is 32.4. The number of rotatable bonds is 6. The van der Waals surface area contributed by atoms with E-state index in [1.54, 1.807) is 0 Å². The van der Waals surface area contributed by atoms with Gasteiger partial charge in [0.25, 0.3) is 0 Å². The van der Waals surface area contributed by atoms with E-state index < -0.39 is 0 Å². The molecule has 4 heteroatoms. The minimum atomic E-state index is -0.113. The Morgan fingerprint density at radius 3 is 2.50 bits per heavy atom. The maximum absolute atomic E-state index is 9.74. The van der Waals surface area contributed by atoms with Gasteiger partial charge in [0.05, 0.1) is 12.1 Å². The summed E-state index contributed by atoms with van der Waals surface area (Å²) in [7, 11) is 0. The van der Waals surface area contributed by atoms with Gasteiger partial charge in [-0.1, -0.05) is 6.42 Å². The molecule has 3 rings (SSSR count). The fraction of sp³-hybridized carbons (Fsp3) is 1.00. The van der Waals surface area contributed by atoms with Crippen LogP contribution in [-0.2, 0) is 0 Å². The summed E-state index contributed by atoms with van der Waals surface area (Å²) in [5.74, 6) is 0. The van der Waals surface area contributed by atoms with Gasteiger partial charge < -0.3 is 10.4 Å². The van der Waals surface area contributed by atoms with Crippen molar-refractivity contribution in [2.75, 3.05) is 39.3 Å². The molecule has 1 aliphatic carbocycles. The van der Waals surface area contributed by atoms with E-state index in [1.165, 1.54) is 64.7 Å². The van der Waals surface area contributed by atoms with Crippen LogP contribution >= 0.6 is 0 Å². The Morgan fingerprint density at radius 1 is 1.10 bits per heavy atom. The molecule has 116 valence electrons. The Labute approximate surface area is 123 Å². The molecule has 3 aliphatic rings. The van der Waals surface area contributed by atoms with Gasteiger partial charge in [0.15, 0.2) is 0 Å². The van der Waals surface area contributed by atoms with Crippen LogP contribution in [0, 0.1) is 0 Å². The maximum Gasteiger partial charge on any atom is 0.0623 e. The topological polar surface area (TPSA) is 38.7 Å². The molecule has 2 atom stereocenters. The Kier molecular flexibility index (Phi) is 4.65. The lowest BCUT2D eigenvalue weighted by molar-refractivity contribution is 0.118. The molecule has 0 bridgehead atoms. The summed E-state index contributed by atoms with van der Waals surface area (Å²) < 4.78 is 0. The molecular weight excluding hydrogens is 250 g/mol. The maximum atomic E-state index is 9.74. The molecule has 0 aromatic carbocycles. The van der Waals surface area contributed by atoms with Gasteiger partial charge in [0.2, 0.25) is 0 Å². The summed E-state index contributed by atoms with van der Waals surface area (Å²) in [6.07, 6.45) is 8.06. The molecule has 2 heterocycles. The molecule has 20 heavy (non-hydrogen) atoms. The van der Waals surface area contributed by atoms with Crippen molar-refractivity contribution in [3.05, 3.63) is 0 Å². The standard InChI is InChI=1S/C16H31N3O/c1-16(13-20,17-14-5-6-14)12-18-10-7-15(11-18)19-8-3-2-4-9-19/h14-15,17,20H,2-13H2,1H3. The monoisotopic (exact) mass is 281 g/mol. The molecule has 4 nitrogen and oxygen atoms in total. The van der Waals surface area contributed by atoms with Gasteiger partial charge in [0, 0.05) is 25.2 Å². The van der Waals surface area contributed by atoms with Crippen molar-refractivity contribution in [3.8, 4) is 0 Å². The highest BCUT2D eigenvalue weighted by molar-refractivity contribution is 4.96. The molecule has 0 aromatic rings. The van der Waals surface area contributed by atoms with Gasteiger partial charge in [-0.2, -0.15) is 0 Å². The smallest absolute Gasteiger partial charge is 0.0623 e. The summed E-state index contributed by atoms with van der Waals surface area (Å²) >= 11 is 0. The van der Waals surface area contributed by atoms with Crippen molar-refractivity contribution in [2.45, 2.75) is 63.1 Å². The van der Waals surface area contributed by atoms with Crippen molar-refractivity contribution in [1.29, 1.82) is 0 Å². The number of hydrogen-bond donors (Lipinski definition) is 2. The van der Waals surface area contributed by atoms with Gasteiger partial charge in [-0.25, -0.2) is 0 Å². The Bertz CT molecular complexity index is 315. The third-order valence-corrected chi connectivity index (χ3v) is 5.21. The first-order valence-electron chi connectivity index (χ1n) is 8.53. The average molecular weight is 281 g/mol. The van der Waals surface area contributed by atoms with E-state index in [2.05, 4.69) is 22.0 Å². The third kappa shape index (κ3) is 3.73. The van der Waals surface area contributed by atoms with Gasteiger partial charge >= 0.3 is 0 Å². The van der Waals surface area contributed by atoms with Gasteiger partial charge in [-0.15, -0.1) is 0 Å². The summed E-state index contributed by atoms with van der Waals surface area (Å²) in [6.45, 7) is 8.41. The second-order valence-electron chi connectivity index (χ2n) is 7.41. The van der Waals surface area contributed by atoms with Crippen LogP contribution in [0.5, 0.6) is 0 Å². The summed E-state index contributed by atoms with van der Waals surface area (Å²) in [4.78, 5) is 5.26. The zero-order chi connectivity index (χ0) is 14.0. The number of nitrogens with zero attached hydrogens (tertiary/aromatic N) is 2. The third-order valence-electron chi connectivity index (χ3n) is 5.21. The number of hydrogen-bond acceptors (Lipinski definition) is 4. The number of aliphatic hydroxyl groups is 1. The molecule has 2 aliphatic heterocycles. The van der Waals surface area contributed by atoms with Gasteiger partial charge in [0.1, 0.15) is 0 Å². The van der Waals surface area contributed by atoms with Crippen molar-refractivity contribution in [3.63, 3.8) is 0 Å². The molecule has 1 saturated carbocycles. The van der Waals surface area contributed by atoms with Crippen LogP contribution in [0.25, 0.3) is 0 Å². The van der Waals surface area contributed by atoms with Crippen molar-refractivity contribution in [2.24, 2.45) is 0 Å². The van der Waals surface area contributed by atoms with Crippen molar-refractivity contribution >= 4 is 0 Å². The second-order valence-corrected chi connectivity index (χ2v) is 7.41. The largest absolute Gasteiger partial charge is 0.394 e. The van der Waals surface area contributed by atoms with Crippen LogP contribution in [0.4, 0.5) is 0 Å². The highest BCUT2D eigenvalue weighted by atomic mass is 16.3. The van der Waals surface area contributed by atoms with E-state index in [-0.39, 0.29) is 12.1 Å². The fourth-order valence-electron chi connectivity index (χ4n) is 3.89. The highest BCUT2D eigenvalue weighted by Crippen LogP contribution is 2.25. The van der Waals surface area contributed by atoms with E-state index in [9.17, 15) is 5.11 Å². The predicted octanol–water partition coefficient (Wildman–Crippen LogP) is 1.05. The van der Waals surface area contributed by atoms with Gasteiger partial charge in [-0.05, 0) is 58.7 Å². The summed E-state index contributed by atoms with van der Waals surface area (Å²) in [6, 6.07) is 1.42. The minimum absolute atomic E-state index is 0.113. The lowest BCUT2D eigenvalue weighted by Crippen LogP contribution is -2.55. The van der Waals surface area contributed by atoms with Crippen LogP contribution in [0.2, 0.25) is 0 Å². The summed E-state index contributed by atoms with van der Waals surface area (Å²) in [5.41, 5.74) is -0.113. The molecule has 3 fully saturated rings. The lowest BCUT2D eigenvalue weighted by atomic mass is 10.0. The second kappa shape index (κ2) is 6.30. The van der Waals surface area contributed by atoms with E-state index in [0.29, 0.717) is 6.04 Å². The van der Waals surface area contributed by atoms with E-state index in [1.807, 2.05) is 0 Å². The average Bonchev–Trinajstić information content (AvgIpc) is 3.15. The number of likely N-dealkylation sites (tertiary alicyclic amines) is 2. The van der Waals surface area contributed by atoms with Crippen LogP contribution < -0.4 is 5.32 Å². The molecular formula is C16H31N3O. The van der Waals surface area contributed by atoms with E-state index in [0.717, 1.165) is 12.6 Å². The molecule has 0 radical (unpaired) electrons. The lowest BCUT2D eigenvalue weighted by Gasteiger charge is -2.35. The van der Waals surface area contributed by atoms with Gasteiger partial charge in [-0.3, -0.25) is 9.80 Å². The SMILES string of the molecule is CC(CO)(CN1CCC(N2CCCCC2)C1)NC1CC1. The van der Waals surface area contributed by atoms with E-state index >= 15 is 0 Å². The Hall–Kier alpha value is -0.160. The van der Waals surface area contributed by atoms with Crippen LogP contribution in [0.15, 0.2) is 0 Å². The molecule has 0 aromatic heterocycles. The first-order chi connectivity index (χ1) is 9.68. The number of aliphatic hydroxyl groups excluding tert-OH is 1. The molecule has 2 unspecified atom stereocenters. The summed E-state index contributed by atoms with van der Waals surface area (Å²) in [5, 5.41) is 13.4. The highest BCUT2D eigenvalue weighted by Gasteiger charge is 2.36. The molecule has 2 N–H and O–H groups in total. The number of piperidine rings is 1. The molecule has 2 saturated heterocycles. The van der Waals surface area contributed by atoms with Crippen LogP contribution in [0.3, 0.4) is 0 Å². The van der Waals surface area contributed by atoms with Crippen LogP contribution in [-0.4, -0.2) is 71.9 Å². The predicted molar refractivity (Wildman–Crippen MR) is 81.9 cm³/mol. The molecule has 0 amide bonds. The Morgan fingerprint density at radius 2 is 1.85 bits per heavy atom. The quantitative estimate of drug-likeness (QED) is 0.763. The molecule has 0 spiro atoms. The zero-order valence-corrected chi connectivity index (χ0v) is 13.0. The van der Waals surface area contributed by atoms with Crippen molar-refractivity contribution < 1.29 is 5.11 Å². The zero-order valence-electron chi connectivity index (χ0n) is 13.0. The Balaban J connectivity index is 1.48. The minimum Gasteiger partial charge on any atom is -0.394 e. The fourth-order valence-corrected chi connectivity index (χ4v) is 3.89. The van der Waals surface area contributed by atoms with Crippen LogP contribution in [0.1, 0.15) is 45.4 Å². The first kappa shape index (κ1) is 14.8. The van der Waals surface area contributed by atoms with E-state index in [4.69, 9.17) is 0 Å². The number of nitrogens with one attached hydrogen (secondary N) is 1. The first-order valence-corrected chi connectivity index (χ1v) is 8.53. The van der Waals surface area contributed by atoms with Crippen molar-refractivity contribution in [1.82, 2.24) is 15.1 Å².